The number of thiocarbonyl (C=S) groups is 1. The summed E-state index contributed by atoms with van der Waals surface area (Å²) in [4.78, 5) is 35.4. The average Bonchev–Trinajstić information content (AvgIpc) is 2.66. The van der Waals surface area contributed by atoms with Crippen LogP contribution in [0.2, 0.25) is 0 Å². The van der Waals surface area contributed by atoms with Crippen molar-refractivity contribution in [3.8, 4) is 0 Å². The number of nitrogens with zero attached hydrogens (tertiary/aromatic N) is 2. The van der Waals surface area contributed by atoms with Crippen LogP contribution in [0.25, 0.3) is 6.08 Å². The third-order valence-electron chi connectivity index (χ3n) is 3.56. The van der Waals surface area contributed by atoms with Gasteiger partial charge in [-0.2, -0.15) is 0 Å². The summed E-state index contributed by atoms with van der Waals surface area (Å²) in [5, 5.41) is 16.1. The summed E-state index contributed by atoms with van der Waals surface area (Å²) in [7, 11) is 3.34. The van der Waals surface area contributed by atoms with Gasteiger partial charge in [0.25, 0.3) is 11.6 Å². The Morgan fingerprint density at radius 2 is 1.68 bits per heavy atom. The number of non-ortho nitro benzene ring substituents is 1. The van der Waals surface area contributed by atoms with E-state index in [1.54, 1.807) is 38.4 Å². The maximum atomic E-state index is 11.9. The quantitative estimate of drug-likeness (QED) is 0.347. The topological polar surface area (TPSA) is 105 Å². The van der Waals surface area contributed by atoms with Crippen molar-refractivity contribution in [1.29, 1.82) is 0 Å². The zero-order chi connectivity index (χ0) is 20.7. The molecular weight excluding hydrogens is 380 g/mol. The molecule has 28 heavy (non-hydrogen) atoms. The molecule has 0 spiro atoms. The molecule has 0 saturated heterocycles. The fraction of sp³-hybridized carbons (Fsp3) is 0.105. The van der Waals surface area contributed by atoms with Crippen molar-refractivity contribution in [2.24, 2.45) is 0 Å². The molecule has 0 radical (unpaired) electrons. The number of hydrogen-bond acceptors (Lipinski definition) is 5. The molecule has 0 aliphatic rings. The number of nitro groups is 1. The highest BCUT2D eigenvalue weighted by atomic mass is 32.1. The van der Waals surface area contributed by atoms with E-state index in [4.69, 9.17) is 12.2 Å². The van der Waals surface area contributed by atoms with E-state index < -0.39 is 10.8 Å². The van der Waals surface area contributed by atoms with Crippen molar-refractivity contribution in [2.75, 3.05) is 19.4 Å². The largest absolute Gasteiger partial charge is 0.345 e. The lowest BCUT2D eigenvalue weighted by atomic mass is 10.2. The minimum Gasteiger partial charge on any atom is -0.345 e. The summed E-state index contributed by atoms with van der Waals surface area (Å²) in [6, 6.07) is 12.5. The average molecular weight is 398 g/mol. The molecule has 0 aliphatic heterocycles. The molecule has 8 nitrogen and oxygen atoms in total. The van der Waals surface area contributed by atoms with Crippen molar-refractivity contribution >= 4 is 46.6 Å². The molecule has 0 aliphatic carbocycles. The number of nitrogens with one attached hydrogen (secondary N) is 2. The molecule has 144 valence electrons. The third-order valence-corrected chi connectivity index (χ3v) is 3.77. The van der Waals surface area contributed by atoms with Gasteiger partial charge in [-0.3, -0.25) is 25.0 Å². The standard InChI is InChI=1S/C19H18N4O4S/c1-22(2)18(25)14-6-8-15(9-7-14)20-19(28)21-17(24)12-5-13-3-10-16(11-4-13)23(26)27/h3-12H,1-2H3,(H2,20,21,24,28)/b12-5+. The first kappa shape index (κ1) is 20.7. The molecule has 0 atom stereocenters. The number of carbonyl (C=O) groups excluding carboxylic acids is 2. The highest BCUT2D eigenvalue weighted by molar-refractivity contribution is 7.80. The third kappa shape index (κ3) is 5.99. The zero-order valence-corrected chi connectivity index (χ0v) is 16.0. The fourth-order valence-electron chi connectivity index (χ4n) is 2.15. The van der Waals surface area contributed by atoms with Crippen LogP contribution in [0.5, 0.6) is 0 Å². The molecule has 0 fully saturated rings. The van der Waals surface area contributed by atoms with Gasteiger partial charge in [0.1, 0.15) is 0 Å². The molecular formula is C19H18N4O4S. The van der Waals surface area contributed by atoms with Crippen LogP contribution in [0.1, 0.15) is 15.9 Å². The normalized spacial score (nSPS) is 10.4. The lowest BCUT2D eigenvalue weighted by Crippen LogP contribution is -2.32. The zero-order valence-electron chi connectivity index (χ0n) is 15.2. The minimum atomic E-state index is -0.493. The van der Waals surface area contributed by atoms with Crippen molar-refractivity contribution in [3.05, 3.63) is 75.8 Å². The van der Waals surface area contributed by atoms with E-state index in [0.29, 0.717) is 16.8 Å². The van der Waals surface area contributed by atoms with Crippen LogP contribution in [-0.2, 0) is 4.79 Å². The molecule has 2 aromatic rings. The number of rotatable bonds is 5. The van der Waals surface area contributed by atoms with Crippen LogP contribution < -0.4 is 10.6 Å². The molecule has 0 saturated carbocycles. The van der Waals surface area contributed by atoms with Gasteiger partial charge >= 0.3 is 0 Å². The Kier molecular flexibility index (Phi) is 6.94. The highest BCUT2D eigenvalue weighted by Gasteiger charge is 2.08. The Balaban J connectivity index is 1.89. The second kappa shape index (κ2) is 9.38. The van der Waals surface area contributed by atoms with Crippen molar-refractivity contribution in [2.45, 2.75) is 0 Å². The van der Waals surface area contributed by atoms with Gasteiger partial charge in [-0.25, -0.2) is 0 Å². The van der Waals surface area contributed by atoms with Crippen LogP contribution in [0, 0.1) is 10.1 Å². The lowest BCUT2D eigenvalue weighted by molar-refractivity contribution is -0.384. The molecule has 2 N–H and O–H groups in total. The first-order chi connectivity index (χ1) is 13.3. The van der Waals surface area contributed by atoms with E-state index in [-0.39, 0.29) is 16.7 Å². The maximum absolute atomic E-state index is 11.9. The Labute approximate surface area is 167 Å². The van der Waals surface area contributed by atoms with Gasteiger partial charge in [0, 0.05) is 43.6 Å². The summed E-state index contributed by atoms with van der Waals surface area (Å²) in [5.74, 6) is -0.561. The van der Waals surface area contributed by atoms with Crippen LogP contribution >= 0.6 is 12.2 Å². The van der Waals surface area contributed by atoms with Gasteiger partial charge in [-0.15, -0.1) is 0 Å². The van der Waals surface area contributed by atoms with Crippen LogP contribution in [0.4, 0.5) is 11.4 Å². The molecule has 0 heterocycles. The second-order valence-corrected chi connectivity index (χ2v) is 6.31. The Morgan fingerprint density at radius 3 is 2.21 bits per heavy atom. The summed E-state index contributed by atoms with van der Waals surface area (Å²) in [6.07, 6.45) is 2.79. The van der Waals surface area contributed by atoms with E-state index in [0.717, 1.165) is 0 Å². The predicted molar refractivity (Wildman–Crippen MR) is 111 cm³/mol. The molecule has 2 rings (SSSR count). The monoisotopic (exact) mass is 398 g/mol. The highest BCUT2D eigenvalue weighted by Crippen LogP contribution is 2.13. The fourth-order valence-corrected chi connectivity index (χ4v) is 2.37. The number of hydrogen-bond donors (Lipinski definition) is 2. The number of carbonyl (C=O) groups is 2. The van der Waals surface area contributed by atoms with Gasteiger partial charge in [0.05, 0.1) is 4.92 Å². The van der Waals surface area contributed by atoms with Crippen LogP contribution in [0.3, 0.4) is 0 Å². The SMILES string of the molecule is CN(C)C(=O)c1ccc(NC(=S)NC(=O)/C=C/c2ccc([N+](=O)[O-])cc2)cc1. The summed E-state index contributed by atoms with van der Waals surface area (Å²) < 4.78 is 0. The van der Waals surface area contributed by atoms with Crippen LogP contribution in [0.15, 0.2) is 54.6 Å². The van der Waals surface area contributed by atoms with E-state index in [1.807, 2.05) is 0 Å². The van der Waals surface area contributed by atoms with Gasteiger partial charge in [-0.1, -0.05) is 0 Å². The number of benzene rings is 2. The van der Waals surface area contributed by atoms with Gasteiger partial charge in [0.15, 0.2) is 5.11 Å². The van der Waals surface area contributed by atoms with Gasteiger partial charge in [0.2, 0.25) is 5.91 Å². The molecule has 0 aromatic heterocycles. The van der Waals surface area contributed by atoms with Crippen LogP contribution in [-0.4, -0.2) is 40.8 Å². The number of anilines is 1. The number of amides is 2. The van der Waals surface area contributed by atoms with Crippen molar-refractivity contribution < 1.29 is 14.5 Å². The first-order valence-corrected chi connectivity index (χ1v) is 8.53. The molecule has 0 unspecified atom stereocenters. The Bertz CT molecular complexity index is 922. The van der Waals surface area contributed by atoms with Gasteiger partial charge in [-0.05, 0) is 60.3 Å². The smallest absolute Gasteiger partial charge is 0.269 e. The molecule has 9 heteroatoms. The second-order valence-electron chi connectivity index (χ2n) is 5.90. The Morgan fingerprint density at radius 1 is 1.07 bits per heavy atom. The predicted octanol–water partition coefficient (Wildman–Crippen LogP) is 2.82. The van der Waals surface area contributed by atoms with Crippen molar-refractivity contribution in [3.63, 3.8) is 0 Å². The first-order valence-electron chi connectivity index (χ1n) is 8.12. The maximum Gasteiger partial charge on any atom is 0.269 e. The molecule has 2 aromatic carbocycles. The minimum absolute atomic E-state index is 0.0229. The lowest BCUT2D eigenvalue weighted by Gasteiger charge is -2.11. The van der Waals surface area contributed by atoms with E-state index in [9.17, 15) is 19.7 Å². The summed E-state index contributed by atoms with van der Waals surface area (Å²) in [5.41, 5.74) is 1.78. The van der Waals surface area contributed by atoms with Gasteiger partial charge < -0.3 is 10.2 Å². The molecule has 0 bridgehead atoms. The summed E-state index contributed by atoms with van der Waals surface area (Å²) >= 11 is 5.09. The molecule has 2 amide bonds. The number of nitro benzene ring substituents is 1. The summed E-state index contributed by atoms with van der Waals surface area (Å²) in [6.45, 7) is 0. The van der Waals surface area contributed by atoms with Crippen molar-refractivity contribution in [1.82, 2.24) is 10.2 Å². The van der Waals surface area contributed by atoms with E-state index in [2.05, 4.69) is 10.6 Å². The van der Waals surface area contributed by atoms with E-state index >= 15 is 0 Å². The Hall–Kier alpha value is -3.59. The van der Waals surface area contributed by atoms with E-state index in [1.165, 1.54) is 41.3 Å².